The molecule has 0 rings (SSSR count). The summed E-state index contributed by atoms with van der Waals surface area (Å²) in [5.41, 5.74) is 0. The van der Waals surface area contributed by atoms with Crippen LogP contribution in [0.3, 0.4) is 0 Å². The molecule has 0 saturated heterocycles. The third-order valence-electron chi connectivity index (χ3n) is 0.946. The van der Waals surface area contributed by atoms with Crippen molar-refractivity contribution in [1.29, 1.82) is 0 Å². The molecule has 0 atom stereocenters. The third-order valence-corrected chi connectivity index (χ3v) is 0.946. The second kappa shape index (κ2) is 12.1. The number of hydrogen-bond acceptors (Lipinski definition) is 3. The van der Waals surface area contributed by atoms with E-state index in [0.29, 0.717) is 12.2 Å². The molecule has 84 valence electrons. The zero-order chi connectivity index (χ0) is 12.1. The molecule has 0 saturated carbocycles. The highest BCUT2D eigenvalue weighted by molar-refractivity contribution is 5.89. The topological polar surface area (TPSA) is 86.6 Å². The molecule has 0 aromatic heterocycles. The zero-order valence-corrected chi connectivity index (χ0v) is 8.35. The summed E-state index contributed by atoms with van der Waals surface area (Å²) in [7, 11) is 0. The molecule has 0 aliphatic carbocycles. The van der Waals surface area contributed by atoms with Gasteiger partial charge in [0.1, 0.15) is 0 Å². The van der Waals surface area contributed by atoms with Gasteiger partial charge in [0.05, 0.1) is 0 Å². The minimum absolute atomic E-state index is 0.558. The van der Waals surface area contributed by atoms with E-state index in [0.717, 1.165) is 13.1 Å². The monoisotopic (exact) mass is 213 g/mol. The molecule has 3 N–H and O–H groups in total. The van der Waals surface area contributed by atoms with Crippen LogP contribution in [0.15, 0.2) is 37.5 Å². The van der Waals surface area contributed by atoms with Crippen molar-refractivity contribution in [1.82, 2.24) is 5.32 Å². The summed E-state index contributed by atoms with van der Waals surface area (Å²) in [4.78, 5) is 19.1. The van der Waals surface area contributed by atoms with Gasteiger partial charge in [0.2, 0.25) is 0 Å². The zero-order valence-electron chi connectivity index (χ0n) is 8.35. The SMILES string of the molecule is C=CCNCC=C.O=C(O)/C=C\C(=O)O. The Morgan fingerprint density at radius 3 is 1.53 bits per heavy atom. The van der Waals surface area contributed by atoms with Gasteiger partial charge in [-0.25, -0.2) is 9.59 Å². The van der Waals surface area contributed by atoms with E-state index in [1.165, 1.54) is 0 Å². The van der Waals surface area contributed by atoms with Crippen molar-refractivity contribution in [3.05, 3.63) is 37.5 Å². The predicted molar refractivity (Wildman–Crippen MR) is 57.7 cm³/mol. The molecule has 15 heavy (non-hydrogen) atoms. The van der Waals surface area contributed by atoms with E-state index in [-0.39, 0.29) is 0 Å². The Kier molecular flexibility index (Phi) is 12.6. The normalized spacial score (nSPS) is 8.80. The van der Waals surface area contributed by atoms with E-state index >= 15 is 0 Å². The number of nitrogens with one attached hydrogen (secondary N) is 1. The lowest BCUT2D eigenvalue weighted by Gasteiger charge is -1.90. The van der Waals surface area contributed by atoms with E-state index in [4.69, 9.17) is 10.2 Å². The molecule has 0 heterocycles. The second-order valence-electron chi connectivity index (χ2n) is 2.25. The van der Waals surface area contributed by atoms with Gasteiger partial charge in [0.25, 0.3) is 0 Å². The highest BCUT2D eigenvalue weighted by atomic mass is 16.4. The number of carbonyl (C=O) groups is 2. The highest BCUT2D eigenvalue weighted by Crippen LogP contribution is 1.70. The maximum absolute atomic E-state index is 9.55. The Balaban J connectivity index is 0. The Labute approximate surface area is 88.4 Å². The minimum Gasteiger partial charge on any atom is -0.478 e. The largest absolute Gasteiger partial charge is 0.478 e. The van der Waals surface area contributed by atoms with Gasteiger partial charge in [0, 0.05) is 25.2 Å². The van der Waals surface area contributed by atoms with Crippen molar-refractivity contribution < 1.29 is 19.8 Å². The summed E-state index contributed by atoms with van der Waals surface area (Å²) in [5.74, 6) is -2.51. The van der Waals surface area contributed by atoms with Gasteiger partial charge in [-0.2, -0.15) is 0 Å². The van der Waals surface area contributed by atoms with Crippen LogP contribution in [0.2, 0.25) is 0 Å². The van der Waals surface area contributed by atoms with Crippen LogP contribution in [0, 0.1) is 0 Å². The number of rotatable bonds is 6. The van der Waals surface area contributed by atoms with Crippen LogP contribution in [0.4, 0.5) is 0 Å². The van der Waals surface area contributed by atoms with Gasteiger partial charge in [-0.3, -0.25) is 0 Å². The Bertz CT molecular complexity index is 222. The molecular formula is C10H15NO4. The van der Waals surface area contributed by atoms with Crippen molar-refractivity contribution in [2.75, 3.05) is 13.1 Å². The lowest BCUT2D eigenvalue weighted by molar-refractivity contribution is -0.134. The predicted octanol–water partition coefficient (Wildman–Crippen LogP) is 0.660. The van der Waals surface area contributed by atoms with E-state index in [1.54, 1.807) is 0 Å². The Hall–Kier alpha value is -1.88. The first-order valence-corrected chi connectivity index (χ1v) is 4.11. The van der Waals surface area contributed by atoms with Crippen LogP contribution in [-0.4, -0.2) is 35.2 Å². The average molecular weight is 213 g/mol. The molecular weight excluding hydrogens is 198 g/mol. The lowest BCUT2D eigenvalue weighted by Crippen LogP contribution is -2.11. The fourth-order valence-corrected chi connectivity index (χ4v) is 0.430. The first-order valence-electron chi connectivity index (χ1n) is 4.11. The van der Waals surface area contributed by atoms with Crippen molar-refractivity contribution in [3.8, 4) is 0 Å². The molecule has 0 amide bonds. The molecule has 5 nitrogen and oxygen atoms in total. The summed E-state index contributed by atoms with van der Waals surface area (Å²) in [6.45, 7) is 8.81. The fourth-order valence-electron chi connectivity index (χ4n) is 0.430. The maximum Gasteiger partial charge on any atom is 0.328 e. The molecule has 0 aromatic carbocycles. The van der Waals surface area contributed by atoms with E-state index in [1.807, 2.05) is 12.2 Å². The lowest BCUT2D eigenvalue weighted by atomic mass is 10.5. The van der Waals surface area contributed by atoms with E-state index in [2.05, 4.69) is 18.5 Å². The Morgan fingerprint density at radius 2 is 1.33 bits per heavy atom. The highest BCUT2D eigenvalue weighted by Gasteiger charge is 1.88. The van der Waals surface area contributed by atoms with Crippen LogP contribution in [0.1, 0.15) is 0 Å². The maximum atomic E-state index is 9.55. The van der Waals surface area contributed by atoms with Crippen LogP contribution in [-0.2, 0) is 9.59 Å². The fraction of sp³-hybridized carbons (Fsp3) is 0.200. The summed E-state index contributed by atoms with van der Waals surface area (Å²) in [6, 6.07) is 0. The summed E-state index contributed by atoms with van der Waals surface area (Å²) in [5, 5.41) is 18.7. The number of carboxylic acid groups (broad SMARTS) is 2. The standard InChI is InChI=1S/C6H11N.C4H4O4/c1-3-5-7-6-4-2;5-3(6)1-2-4(7)8/h3-4,7H,1-2,5-6H2;1-2H,(H,5,6)(H,7,8)/b;2-1-. The van der Waals surface area contributed by atoms with Crippen molar-refractivity contribution in [3.63, 3.8) is 0 Å². The van der Waals surface area contributed by atoms with Crippen molar-refractivity contribution >= 4 is 11.9 Å². The smallest absolute Gasteiger partial charge is 0.328 e. The Morgan fingerprint density at radius 1 is 1.00 bits per heavy atom. The molecule has 0 aliphatic rings. The number of carboxylic acids is 2. The number of hydrogen-bond donors (Lipinski definition) is 3. The molecule has 0 aliphatic heterocycles. The third kappa shape index (κ3) is 24.5. The van der Waals surface area contributed by atoms with Crippen LogP contribution in [0.5, 0.6) is 0 Å². The van der Waals surface area contributed by atoms with Gasteiger partial charge < -0.3 is 15.5 Å². The minimum atomic E-state index is -1.26. The van der Waals surface area contributed by atoms with Crippen molar-refractivity contribution in [2.45, 2.75) is 0 Å². The molecule has 0 aromatic rings. The van der Waals surface area contributed by atoms with Crippen molar-refractivity contribution in [2.24, 2.45) is 0 Å². The summed E-state index contributed by atoms with van der Waals surface area (Å²) < 4.78 is 0. The molecule has 0 unspecified atom stereocenters. The van der Waals surface area contributed by atoms with Gasteiger partial charge in [-0.05, 0) is 0 Å². The van der Waals surface area contributed by atoms with E-state index < -0.39 is 11.9 Å². The second-order valence-corrected chi connectivity index (χ2v) is 2.25. The molecule has 0 fully saturated rings. The molecule has 0 radical (unpaired) electrons. The van der Waals surface area contributed by atoms with Gasteiger partial charge in [0.15, 0.2) is 0 Å². The molecule has 5 heteroatoms. The molecule has 0 bridgehead atoms. The summed E-state index contributed by atoms with van der Waals surface area (Å²) in [6.07, 6.45) is 4.76. The molecule has 0 spiro atoms. The van der Waals surface area contributed by atoms with Gasteiger partial charge >= 0.3 is 11.9 Å². The first-order chi connectivity index (χ1) is 7.04. The van der Waals surface area contributed by atoms with E-state index in [9.17, 15) is 9.59 Å². The first kappa shape index (κ1) is 15.6. The summed E-state index contributed by atoms with van der Waals surface area (Å²) >= 11 is 0. The van der Waals surface area contributed by atoms with Crippen LogP contribution < -0.4 is 5.32 Å². The van der Waals surface area contributed by atoms with Crippen LogP contribution >= 0.6 is 0 Å². The van der Waals surface area contributed by atoms with Gasteiger partial charge in [-0.1, -0.05) is 12.2 Å². The average Bonchev–Trinajstić information content (AvgIpc) is 2.17. The van der Waals surface area contributed by atoms with Gasteiger partial charge in [-0.15, -0.1) is 13.2 Å². The van der Waals surface area contributed by atoms with Crippen LogP contribution in [0.25, 0.3) is 0 Å². The number of aliphatic carboxylic acids is 2. The quantitative estimate of drug-likeness (QED) is 0.343.